The van der Waals surface area contributed by atoms with Crippen LogP contribution in [0.4, 0.5) is 0 Å². The summed E-state index contributed by atoms with van der Waals surface area (Å²) in [4.78, 5) is 77.0. The summed E-state index contributed by atoms with van der Waals surface area (Å²) in [6, 6.07) is -0.298. The SMILES string of the molecule is COC(=O)C(OC1CCC(n2cc(C)c(=O)[nH]c2=O)C1)P(=O)(O)O.O=P(O)(O)O. The molecule has 0 bridgehead atoms. The van der Waals surface area contributed by atoms with Crippen LogP contribution in [-0.2, 0) is 23.4 Å². The number of carbonyl (C=O) groups excluding carboxylic acids is 1. The van der Waals surface area contributed by atoms with Gasteiger partial charge in [0.2, 0.25) is 0 Å². The molecule has 0 aromatic carbocycles. The van der Waals surface area contributed by atoms with E-state index in [1.807, 2.05) is 0 Å². The zero-order valence-corrected chi connectivity index (χ0v) is 17.2. The van der Waals surface area contributed by atoms with Crippen LogP contribution in [0.3, 0.4) is 0 Å². The molecule has 0 saturated heterocycles. The molecule has 16 heteroatoms. The van der Waals surface area contributed by atoms with Crippen LogP contribution in [0.25, 0.3) is 0 Å². The van der Waals surface area contributed by atoms with Gasteiger partial charge in [0, 0.05) is 17.8 Å². The van der Waals surface area contributed by atoms with Crippen molar-refractivity contribution in [1.82, 2.24) is 9.55 Å². The van der Waals surface area contributed by atoms with Crippen molar-refractivity contribution in [3.05, 3.63) is 32.6 Å². The van der Waals surface area contributed by atoms with Gasteiger partial charge in [0.05, 0.1) is 13.2 Å². The van der Waals surface area contributed by atoms with Gasteiger partial charge in [-0.05, 0) is 26.2 Å². The van der Waals surface area contributed by atoms with Crippen LogP contribution in [0.1, 0.15) is 30.9 Å². The molecule has 1 fully saturated rings. The molecule has 0 spiro atoms. The Kier molecular flexibility index (Phi) is 8.69. The van der Waals surface area contributed by atoms with E-state index >= 15 is 0 Å². The van der Waals surface area contributed by atoms with Crippen LogP contribution < -0.4 is 11.2 Å². The molecule has 0 amide bonds. The minimum atomic E-state index is -4.83. The fourth-order valence-corrected chi connectivity index (χ4v) is 3.42. The summed E-state index contributed by atoms with van der Waals surface area (Å²) in [6.07, 6.45) is 2.01. The normalized spacial score (nSPS) is 20.5. The monoisotopic (exact) mass is 460 g/mol. The lowest BCUT2D eigenvalue weighted by molar-refractivity contribution is -0.152. The molecule has 3 atom stereocenters. The Labute approximate surface area is 163 Å². The van der Waals surface area contributed by atoms with Crippen molar-refractivity contribution < 1.29 is 47.9 Å². The highest BCUT2D eigenvalue weighted by atomic mass is 31.2. The predicted molar refractivity (Wildman–Crippen MR) is 95.9 cm³/mol. The third kappa shape index (κ3) is 8.33. The number of carbonyl (C=O) groups is 1. The molecule has 6 N–H and O–H groups in total. The van der Waals surface area contributed by atoms with Crippen molar-refractivity contribution in [2.24, 2.45) is 0 Å². The summed E-state index contributed by atoms with van der Waals surface area (Å²) in [5.74, 6) is -3.14. The van der Waals surface area contributed by atoms with Crippen molar-refractivity contribution in [3.8, 4) is 0 Å². The molecule has 0 radical (unpaired) electrons. The molecule has 14 nitrogen and oxygen atoms in total. The lowest BCUT2D eigenvalue weighted by Gasteiger charge is -2.21. The van der Waals surface area contributed by atoms with Crippen LogP contribution in [-0.4, -0.2) is 59.0 Å². The Balaban J connectivity index is 0.000000749. The highest BCUT2D eigenvalue weighted by molar-refractivity contribution is 7.53. The topological polar surface area (TPSA) is 226 Å². The lowest BCUT2D eigenvalue weighted by Crippen LogP contribution is -2.33. The summed E-state index contributed by atoms with van der Waals surface area (Å²) in [5.41, 5.74) is -0.647. The van der Waals surface area contributed by atoms with Crippen molar-refractivity contribution >= 4 is 21.4 Å². The average molecular weight is 460 g/mol. The number of aromatic nitrogens is 2. The average Bonchev–Trinajstić information content (AvgIpc) is 3.01. The van der Waals surface area contributed by atoms with E-state index in [0.717, 1.165) is 7.11 Å². The summed E-state index contributed by atoms with van der Waals surface area (Å²) in [6.45, 7) is 1.57. The zero-order chi connectivity index (χ0) is 22.6. The Morgan fingerprint density at radius 3 is 2.24 bits per heavy atom. The number of rotatable bonds is 5. The molecular formula is C13H22N2O12P2. The van der Waals surface area contributed by atoms with Crippen LogP contribution in [0, 0.1) is 6.92 Å². The van der Waals surface area contributed by atoms with Gasteiger partial charge in [-0.2, -0.15) is 0 Å². The van der Waals surface area contributed by atoms with E-state index in [4.69, 9.17) is 24.0 Å². The van der Waals surface area contributed by atoms with Crippen molar-refractivity contribution in [2.75, 3.05) is 7.11 Å². The molecule has 1 aliphatic carbocycles. The summed E-state index contributed by atoms with van der Waals surface area (Å²) in [5, 5.41) is 0. The summed E-state index contributed by atoms with van der Waals surface area (Å²) >= 11 is 0. The fourth-order valence-electron chi connectivity index (χ4n) is 2.71. The number of aromatic amines is 1. The van der Waals surface area contributed by atoms with E-state index in [1.165, 1.54) is 10.8 Å². The minimum Gasteiger partial charge on any atom is -0.467 e. The van der Waals surface area contributed by atoms with Gasteiger partial charge in [0.25, 0.3) is 11.4 Å². The molecule has 1 aromatic rings. The van der Waals surface area contributed by atoms with Crippen LogP contribution in [0.5, 0.6) is 0 Å². The number of hydrogen-bond acceptors (Lipinski definition) is 7. The number of hydrogen-bond donors (Lipinski definition) is 6. The van der Waals surface area contributed by atoms with Gasteiger partial charge in [-0.3, -0.25) is 18.9 Å². The van der Waals surface area contributed by atoms with Crippen LogP contribution in [0.15, 0.2) is 15.8 Å². The number of nitrogens with one attached hydrogen (secondary N) is 1. The molecule has 1 aliphatic rings. The number of ether oxygens (including phenoxy) is 2. The van der Waals surface area contributed by atoms with Gasteiger partial charge in [-0.1, -0.05) is 0 Å². The number of H-pyrrole nitrogens is 1. The maximum atomic E-state index is 11.9. The summed E-state index contributed by atoms with van der Waals surface area (Å²) in [7, 11) is -8.46. The highest BCUT2D eigenvalue weighted by Gasteiger charge is 2.41. The van der Waals surface area contributed by atoms with Gasteiger partial charge in [0.15, 0.2) is 0 Å². The lowest BCUT2D eigenvalue weighted by atomic mass is 10.2. The number of phosphoric acid groups is 1. The molecule has 2 rings (SSSR count). The first-order valence-electron chi connectivity index (χ1n) is 8.02. The number of esters is 1. The van der Waals surface area contributed by atoms with Gasteiger partial charge in [0.1, 0.15) is 0 Å². The number of aryl methyl sites for hydroxylation is 1. The third-order valence-corrected chi connectivity index (χ3v) is 4.87. The largest absolute Gasteiger partial charge is 0.467 e. The maximum absolute atomic E-state index is 11.9. The van der Waals surface area contributed by atoms with Gasteiger partial charge in [-0.15, -0.1) is 0 Å². The standard InChI is InChI=1S/C13H19N2O8P.H3O4P/c1-7-6-15(13(18)14-10(7)16)8-3-4-9(5-8)23-12(11(17)22-2)24(19,20)21;1-5(2,3)4/h6,8-9,12H,3-5H2,1-2H3,(H,14,16,18)(H2,19,20,21);(H3,1,2,3,4). The van der Waals surface area contributed by atoms with Crippen LogP contribution in [0.2, 0.25) is 0 Å². The van der Waals surface area contributed by atoms with E-state index in [2.05, 4.69) is 9.72 Å². The second kappa shape index (κ2) is 9.92. The molecule has 3 unspecified atom stereocenters. The van der Waals surface area contributed by atoms with E-state index < -0.39 is 44.6 Å². The van der Waals surface area contributed by atoms with E-state index in [9.17, 15) is 28.7 Å². The molecule has 1 saturated carbocycles. The predicted octanol–water partition coefficient (Wildman–Crippen LogP) is -1.30. The molecule has 29 heavy (non-hydrogen) atoms. The molecule has 1 aromatic heterocycles. The molecule has 1 heterocycles. The molecular weight excluding hydrogens is 438 g/mol. The second-order valence-corrected chi connectivity index (χ2v) is 8.86. The van der Waals surface area contributed by atoms with Crippen LogP contribution >= 0.6 is 15.4 Å². The van der Waals surface area contributed by atoms with Gasteiger partial charge in [-0.25, -0.2) is 14.2 Å². The summed E-state index contributed by atoms with van der Waals surface area (Å²) < 4.78 is 31.2. The van der Waals surface area contributed by atoms with E-state index in [-0.39, 0.29) is 12.5 Å². The Morgan fingerprint density at radius 2 is 1.76 bits per heavy atom. The fraction of sp³-hybridized carbons (Fsp3) is 0.615. The van der Waals surface area contributed by atoms with Gasteiger partial charge < -0.3 is 33.9 Å². The maximum Gasteiger partial charge on any atom is 0.466 e. The van der Waals surface area contributed by atoms with Crippen molar-refractivity contribution in [1.29, 1.82) is 0 Å². The first-order valence-corrected chi connectivity index (χ1v) is 11.3. The first-order chi connectivity index (χ1) is 13.1. The zero-order valence-electron chi connectivity index (χ0n) is 15.4. The third-order valence-electron chi connectivity index (χ3n) is 3.93. The first kappa shape index (κ1) is 25.4. The minimum absolute atomic E-state index is 0.277. The number of methoxy groups -OCH3 is 1. The molecule has 166 valence electrons. The second-order valence-electron chi connectivity index (χ2n) is 6.18. The van der Waals surface area contributed by atoms with E-state index in [0.29, 0.717) is 18.4 Å². The Morgan fingerprint density at radius 1 is 1.21 bits per heavy atom. The smallest absolute Gasteiger partial charge is 0.466 e. The number of nitrogens with zero attached hydrogens (tertiary/aromatic N) is 1. The van der Waals surface area contributed by atoms with Gasteiger partial charge >= 0.3 is 27.1 Å². The Bertz CT molecular complexity index is 920. The Hall–Kier alpha value is -1.63. The molecule has 0 aliphatic heterocycles. The van der Waals surface area contributed by atoms with Crippen molar-refractivity contribution in [2.45, 2.75) is 44.2 Å². The van der Waals surface area contributed by atoms with E-state index in [1.54, 1.807) is 6.92 Å². The van der Waals surface area contributed by atoms with Crippen molar-refractivity contribution in [3.63, 3.8) is 0 Å². The quantitative estimate of drug-likeness (QED) is 0.223. The highest BCUT2D eigenvalue weighted by Crippen LogP contribution is 2.45.